The van der Waals surface area contributed by atoms with Crippen molar-refractivity contribution in [1.82, 2.24) is 10.1 Å². The summed E-state index contributed by atoms with van der Waals surface area (Å²) in [7, 11) is 1.70. The van der Waals surface area contributed by atoms with Crippen molar-refractivity contribution in [3.63, 3.8) is 0 Å². The third-order valence-corrected chi connectivity index (χ3v) is 5.83. The van der Waals surface area contributed by atoms with Gasteiger partial charge in [0.1, 0.15) is 5.75 Å². The Hall–Kier alpha value is -2.93. The van der Waals surface area contributed by atoms with Crippen LogP contribution in [0.4, 0.5) is 0 Å². The highest BCUT2D eigenvalue weighted by molar-refractivity contribution is 5.87. The minimum Gasteiger partial charge on any atom is -0.493 e. The molecule has 3 N–H and O–H groups in total. The van der Waals surface area contributed by atoms with Crippen LogP contribution in [0.3, 0.4) is 0 Å². The lowest BCUT2D eigenvalue weighted by atomic mass is 10.0. The van der Waals surface area contributed by atoms with E-state index in [1.54, 1.807) is 7.11 Å². The van der Waals surface area contributed by atoms with Crippen LogP contribution in [-0.4, -0.2) is 36.3 Å². The molecule has 3 rings (SSSR count). The minimum absolute atomic E-state index is 0.264. The summed E-state index contributed by atoms with van der Waals surface area (Å²) in [6, 6.07) is 12.3. The number of benzene rings is 2. The maximum atomic E-state index is 6.88. The van der Waals surface area contributed by atoms with Crippen LogP contribution < -0.4 is 10.5 Å². The summed E-state index contributed by atoms with van der Waals surface area (Å²) in [5, 5.41) is 13.3. The van der Waals surface area contributed by atoms with E-state index in [4.69, 9.17) is 25.1 Å². The van der Waals surface area contributed by atoms with Gasteiger partial charge in [0.15, 0.2) is 0 Å². The zero-order chi connectivity index (χ0) is 24.9. The maximum absolute atomic E-state index is 6.88. The SMILES string of the molecule is CCC(C)C(=N)N.CCCCC(C)c1nc(-c2ccc3cc(OCCCOC)ccc3c2)no1. The van der Waals surface area contributed by atoms with Crippen molar-refractivity contribution in [2.75, 3.05) is 20.3 Å². The van der Waals surface area contributed by atoms with Gasteiger partial charge in [-0.2, -0.15) is 4.98 Å². The summed E-state index contributed by atoms with van der Waals surface area (Å²) in [6.07, 6.45) is 5.27. The van der Waals surface area contributed by atoms with Crippen molar-refractivity contribution in [2.24, 2.45) is 11.7 Å². The van der Waals surface area contributed by atoms with E-state index in [1.165, 1.54) is 12.8 Å². The lowest BCUT2D eigenvalue weighted by Crippen LogP contribution is -2.18. The molecule has 0 saturated carbocycles. The lowest BCUT2D eigenvalue weighted by Gasteiger charge is -2.07. The van der Waals surface area contributed by atoms with Gasteiger partial charge in [-0.3, -0.25) is 5.41 Å². The van der Waals surface area contributed by atoms with E-state index < -0.39 is 0 Å². The number of hydrogen-bond acceptors (Lipinski definition) is 6. The van der Waals surface area contributed by atoms with Gasteiger partial charge in [-0.25, -0.2) is 0 Å². The number of fused-ring (bicyclic) bond motifs is 1. The number of nitrogens with zero attached hydrogens (tertiary/aromatic N) is 2. The number of aromatic nitrogens is 2. The number of nitrogens with two attached hydrogens (primary N) is 1. The van der Waals surface area contributed by atoms with Crippen LogP contribution in [0, 0.1) is 11.3 Å². The number of hydrogen-bond donors (Lipinski definition) is 2. The summed E-state index contributed by atoms with van der Waals surface area (Å²) < 4.78 is 16.3. The molecule has 2 atom stereocenters. The number of amidine groups is 1. The van der Waals surface area contributed by atoms with Crippen molar-refractivity contribution in [1.29, 1.82) is 5.41 Å². The molecule has 0 fully saturated rings. The Morgan fingerprint density at radius 3 is 2.44 bits per heavy atom. The Kier molecular flexibility index (Phi) is 11.5. The summed E-state index contributed by atoms with van der Waals surface area (Å²) in [5.41, 5.74) is 6.10. The predicted octanol–water partition coefficient (Wildman–Crippen LogP) is 6.57. The van der Waals surface area contributed by atoms with E-state index in [1.807, 2.05) is 26.0 Å². The molecule has 2 aromatic carbocycles. The Morgan fingerprint density at radius 2 is 1.79 bits per heavy atom. The topological polar surface area (TPSA) is 107 Å². The third-order valence-electron chi connectivity index (χ3n) is 5.83. The quantitative estimate of drug-likeness (QED) is 0.177. The number of rotatable bonds is 12. The molecule has 0 saturated heterocycles. The lowest BCUT2D eigenvalue weighted by molar-refractivity contribution is 0.172. The molecule has 0 spiro atoms. The Morgan fingerprint density at radius 1 is 1.06 bits per heavy atom. The Bertz CT molecular complexity index is 1020. The van der Waals surface area contributed by atoms with Crippen LogP contribution in [0.15, 0.2) is 40.9 Å². The zero-order valence-electron chi connectivity index (χ0n) is 21.3. The molecule has 34 heavy (non-hydrogen) atoms. The van der Waals surface area contributed by atoms with Crippen molar-refractivity contribution in [3.05, 3.63) is 42.3 Å². The molecule has 0 amide bonds. The molecule has 186 valence electrons. The molecule has 0 aliphatic rings. The molecule has 2 unspecified atom stereocenters. The van der Waals surface area contributed by atoms with Gasteiger partial charge >= 0.3 is 0 Å². The smallest absolute Gasteiger partial charge is 0.229 e. The first-order valence-corrected chi connectivity index (χ1v) is 12.2. The van der Waals surface area contributed by atoms with Crippen LogP contribution >= 0.6 is 0 Å². The molecule has 0 aliphatic carbocycles. The van der Waals surface area contributed by atoms with Gasteiger partial charge in [0.05, 0.1) is 12.4 Å². The average Bonchev–Trinajstić information content (AvgIpc) is 3.35. The van der Waals surface area contributed by atoms with Gasteiger partial charge < -0.3 is 19.7 Å². The van der Waals surface area contributed by atoms with Crippen LogP contribution in [0.2, 0.25) is 0 Å². The monoisotopic (exact) mass is 468 g/mol. The van der Waals surface area contributed by atoms with Crippen LogP contribution in [-0.2, 0) is 4.74 Å². The highest BCUT2D eigenvalue weighted by Gasteiger charge is 2.15. The first-order valence-electron chi connectivity index (χ1n) is 12.2. The molecule has 7 heteroatoms. The van der Waals surface area contributed by atoms with E-state index >= 15 is 0 Å². The molecule has 0 bridgehead atoms. The third kappa shape index (κ3) is 8.45. The van der Waals surface area contributed by atoms with Crippen molar-refractivity contribution >= 4 is 16.6 Å². The minimum atomic E-state index is 0.264. The molecular formula is C27H40N4O3. The van der Waals surface area contributed by atoms with E-state index in [-0.39, 0.29) is 5.92 Å². The second kappa shape index (κ2) is 14.4. The number of methoxy groups -OCH3 is 1. The van der Waals surface area contributed by atoms with Gasteiger partial charge in [0, 0.05) is 37.5 Å². The van der Waals surface area contributed by atoms with Crippen molar-refractivity contribution < 1.29 is 14.0 Å². The summed E-state index contributed by atoms with van der Waals surface area (Å²) >= 11 is 0. The fraction of sp³-hybridized carbons (Fsp3) is 0.519. The van der Waals surface area contributed by atoms with Gasteiger partial charge in [-0.05, 0) is 41.8 Å². The average molecular weight is 469 g/mol. The van der Waals surface area contributed by atoms with E-state index in [0.29, 0.717) is 30.8 Å². The fourth-order valence-corrected chi connectivity index (χ4v) is 3.25. The van der Waals surface area contributed by atoms with Crippen LogP contribution in [0.5, 0.6) is 5.75 Å². The number of nitrogens with one attached hydrogen (secondary N) is 1. The van der Waals surface area contributed by atoms with Gasteiger partial charge in [-0.1, -0.05) is 63.9 Å². The predicted molar refractivity (Wildman–Crippen MR) is 139 cm³/mol. The molecule has 7 nitrogen and oxygen atoms in total. The molecule has 1 heterocycles. The standard InChI is InChI=1S/C22H28N2O3.C5H12N2/c1-4-5-7-16(2)22-23-21(24-27-22)19-9-8-18-15-20(11-10-17(18)14-19)26-13-6-12-25-3;1-3-4(2)5(6)7/h8-11,14-16H,4-7,12-13H2,1-3H3;4H,3H2,1-2H3,(H3,6,7). The second-order valence-corrected chi connectivity index (χ2v) is 8.68. The van der Waals surface area contributed by atoms with Crippen LogP contribution in [0.25, 0.3) is 22.2 Å². The van der Waals surface area contributed by atoms with E-state index in [9.17, 15) is 0 Å². The zero-order valence-corrected chi connectivity index (χ0v) is 21.3. The van der Waals surface area contributed by atoms with Gasteiger partial charge in [-0.15, -0.1) is 0 Å². The Labute approximate surface area is 203 Å². The first kappa shape index (κ1) is 27.3. The Balaban J connectivity index is 0.000000509. The molecular weight excluding hydrogens is 428 g/mol. The highest BCUT2D eigenvalue weighted by atomic mass is 16.5. The molecule has 0 aliphatic heterocycles. The molecule has 3 aromatic rings. The first-order chi connectivity index (χ1) is 16.4. The fourth-order valence-electron chi connectivity index (χ4n) is 3.25. The second-order valence-electron chi connectivity index (χ2n) is 8.68. The number of ether oxygens (including phenoxy) is 2. The summed E-state index contributed by atoms with van der Waals surface area (Å²) in [6.45, 7) is 9.66. The van der Waals surface area contributed by atoms with E-state index in [2.05, 4.69) is 48.3 Å². The largest absolute Gasteiger partial charge is 0.493 e. The number of unbranched alkanes of at least 4 members (excludes halogenated alkanes) is 1. The molecule has 0 radical (unpaired) electrons. The summed E-state index contributed by atoms with van der Waals surface area (Å²) in [5.74, 6) is 3.10. The normalized spacial score (nSPS) is 12.6. The maximum Gasteiger partial charge on any atom is 0.229 e. The van der Waals surface area contributed by atoms with E-state index in [0.717, 1.165) is 47.2 Å². The van der Waals surface area contributed by atoms with Gasteiger partial charge in [0.25, 0.3) is 0 Å². The van der Waals surface area contributed by atoms with Crippen LogP contribution in [0.1, 0.15) is 71.6 Å². The van der Waals surface area contributed by atoms with Gasteiger partial charge in [0.2, 0.25) is 11.7 Å². The highest BCUT2D eigenvalue weighted by Crippen LogP contribution is 2.27. The molecule has 1 aromatic heterocycles. The summed E-state index contributed by atoms with van der Waals surface area (Å²) in [4.78, 5) is 4.60. The van der Waals surface area contributed by atoms with Crippen molar-refractivity contribution in [3.8, 4) is 17.1 Å². The van der Waals surface area contributed by atoms with Crippen molar-refractivity contribution in [2.45, 2.75) is 65.7 Å².